The zero-order valence-electron chi connectivity index (χ0n) is 13.8. The van der Waals surface area contributed by atoms with Gasteiger partial charge in [-0.05, 0) is 49.9 Å². The van der Waals surface area contributed by atoms with Crippen molar-refractivity contribution < 1.29 is 14.3 Å². The number of ketones is 1. The van der Waals surface area contributed by atoms with Crippen molar-refractivity contribution in [1.82, 2.24) is 4.90 Å². The number of carbonyl (C=O) groups excluding carboxylic acids is 2. The second-order valence-corrected chi connectivity index (χ2v) is 6.67. The average Bonchev–Trinajstić information content (AvgIpc) is 3.15. The van der Waals surface area contributed by atoms with Gasteiger partial charge in [0.1, 0.15) is 5.75 Å². The molecule has 0 radical (unpaired) electrons. The summed E-state index contributed by atoms with van der Waals surface area (Å²) < 4.78 is 5.13. The monoisotopic (exact) mass is 315 g/mol. The lowest BCUT2D eigenvalue weighted by Gasteiger charge is -2.33. The molecule has 0 unspecified atom stereocenters. The van der Waals surface area contributed by atoms with E-state index >= 15 is 0 Å². The Balaban J connectivity index is 1.55. The Hall–Kier alpha value is -1.84. The minimum Gasteiger partial charge on any atom is -0.497 e. The third kappa shape index (κ3) is 3.57. The normalized spacial score (nSPS) is 19.8. The first kappa shape index (κ1) is 16.0. The first-order chi connectivity index (χ1) is 11.2. The van der Waals surface area contributed by atoms with Gasteiger partial charge in [-0.15, -0.1) is 0 Å². The van der Waals surface area contributed by atoms with E-state index in [1.54, 1.807) is 7.11 Å². The molecule has 1 saturated heterocycles. The Morgan fingerprint density at radius 3 is 2.13 bits per heavy atom. The van der Waals surface area contributed by atoms with Crippen LogP contribution in [-0.2, 0) is 4.79 Å². The van der Waals surface area contributed by atoms with Crippen LogP contribution in [0.2, 0.25) is 0 Å². The fourth-order valence-electron chi connectivity index (χ4n) is 3.78. The van der Waals surface area contributed by atoms with E-state index in [0.29, 0.717) is 5.91 Å². The molecule has 1 aliphatic heterocycles. The van der Waals surface area contributed by atoms with E-state index in [9.17, 15) is 9.59 Å². The lowest BCUT2D eigenvalue weighted by atomic mass is 9.88. The predicted molar refractivity (Wildman–Crippen MR) is 88.6 cm³/mol. The Morgan fingerprint density at radius 1 is 0.957 bits per heavy atom. The molecule has 1 aliphatic carbocycles. The smallest absolute Gasteiger partial charge is 0.225 e. The second-order valence-electron chi connectivity index (χ2n) is 6.67. The molecule has 23 heavy (non-hydrogen) atoms. The summed E-state index contributed by atoms with van der Waals surface area (Å²) in [7, 11) is 1.62. The van der Waals surface area contributed by atoms with Gasteiger partial charge in [0.05, 0.1) is 7.11 Å². The molecule has 0 atom stereocenters. The third-order valence-corrected chi connectivity index (χ3v) is 5.26. The molecule has 1 aromatic rings. The van der Waals surface area contributed by atoms with E-state index in [2.05, 4.69) is 0 Å². The van der Waals surface area contributed by atoms with Crippen molar-refractivity contribution in [3.8, 4) is 5.75 Å². The van der Waals surface area contributed by atoms with Crippen molar-refractivity contribution in [2.45, 2.75) is 38.5 Å². The Labute approximate surface area is 137 Å². The van der Waals surface area contributed by atoms with Gasteiger partial charge in [0.15, 0.2) is 5.78 Å². The molecule has 1 amide bonds. The number of rotatable bonds is 4. The first-order valence-corrected chi connectivity index (χ1v) is 8.66. The summed E-state index contributed by atoms with van der Waals surface area (Å²) in [6.07, 6.45) is 6.02. The highest BCUT2D eigenvalue weighted by atomic mass is 16.5. The molecule has 0 N–H and O–H groups in total. The average molecular weight is 315 g/mol. The lowest BCUT2D eigenvalue weighted by molar-refractivity contribution is -0.136. The fraction of sp³-hybridized carbons (Fsp3) is 0.579. The van der Waals surface area contributed by atoms with Crippen LogP contribution >= 0.6 is 0 Å². The molecule has 2 fully saturated rings. The molecule has 124 valence electrons. The summed E-state index contributed by atoms with van der Waals surface area (Å²) >= 11 is 0. The van der Waals surface area contributed by atoms with Crippen LogP contribution in [0.3, 0.4) is 0 Å². The molecule has 1 heterocycles. The Kier molecular flexibility index (Phi) is 4.99. The number of Topliss-reactive ketones (excluding diaryl/α,β-unsaturated/α-hetero) is 1. The largest absolute Gasteiger partial charge is 0.497 e. The van der Waals surface area contributed by atoms with E-state index in [1.807, 2.05) is 29.2 Å². The van der Waals surface area contributed by atoms with Crippen molar-refractivity contribution in [2.24, 2.45) is 11.8 Å². The number of piperidine rings is 1. The summed E-state index contributed by atoms with van der Waals surface area (Å²) in [5, 5.41) is 0. The lowest BCUT2D eigenvalue weighted by Crippen LogP contribution is -2.42. The van der Waals surface area contributed by atoms with Crippen molar-refractivity contribution in [3.05, 3.63) is 29.8 Å². The van der Waals surface area contributed by atoms with Crippen LogP contribution in [0.1, 0.15) is 48.9 Å². The molecular formula is C19H25NO3. The molecule has 3 rings (SSSR count). The highest BCUT2D eigenvalue weighted by Crippen LogP contribution is 2.29. The number of methoxy groups -OCH3 is 1. The van der Waals surface area contributed by atoms with E-state index in [-0.39, 0.29) is 17.6 Å². The van der Waals surface area contributed by atoms with Gasteiger partial charge in [-0.1, -0.05) is 12.8 Å². The SMILES string of the molecule is COc1ccc(C(=O)C2CCN(C(=O)C3CCCC3)CC2)cc1. The maximum Gasteiger partial charge on any atom is 0.225 e. The fourth-order valence-corrected chi connectivity index (χ4v) is 3.78. The van der Waals surface area contributed by atoms with E-state index in [4.69, 9.17) is 4.74 Å². The Bertz CT molecular complexity index is 552. The van der Waals surface area contributed by atoms with E-state index < -0.39 is 0 Å². The quantitative estimate of drug-likeness (QED) is 0.801. The molecule has 4 heteroatoms. The first-order valence-electron chi connectivity index (χ1n) is 8.66. The number of amides is 1. The molecule has 4 nitrogen and oxygen atoms in total. The van der Waals surface area contributed by atoms with Crippen LogP contribution < -0.4 is 4.74 Å². The second kappa shape index (κ2) is 7.16. The van der Waals surface area contributed by atoms with Crippen molar-refractivity contribution in [2.75, 3.05) is 20.2 Å². The van der Waals surface area contributed by atoms with Gasteiger partial charge < -0.3 is 9.64 Å². The highest BCUT2D eigenvalue weighted by Gasteiger charge is 2.32. The molecule has 1 saturated carbocycles. The summed E-state index contributed by atoms with van der Waals surface area (Å²) in [6.45, 7) is 1.45. The maximum atomic E-state index is 12.6. The highest BCUT2D eigenvalue weighted by molar-refractivity contribution is 5.98. The van der Waals surface area contributed by atoms with Gasteiger partial charge in [0.25, 0.3) is 0 Å². The maximum absolute atomic E-state index is 12.6. The van der Waals surface area contributed by atoms with Crippen LogP contribution in [0.4, 0.5) is 0 Å². The van der Waals surface area contributed by atoms with Crippen LogP contribution in [0.15, 0.2) is 24.3 Å². The number of likely N-dealkylation sites (tertiary alicyclic amines) is 1. The van der Waals surface area contributed by atoms with Crippen LogP contribution in [0.25, 0.3) is 0 Å². The molecule has 0 spiro atoms. The topological polar surface area (TPSA) is 46.6 Å². The summed E-state index contributed by atoms with van der Waals surface area (Å²) in [6, 6.07) is 7.31. The number of carbonyl (C=O) groups is 2. The zero-order chi connectivity index (χ0) is 16.2. The number of benzene rings is 1. The van der Waals surface area contributed by atoms with Gasteiger partial charge >= 0.3 is 0 Å². The minimum absolute atomic E-state index is 0.0380. The summed E-state index contributed by atoms with van der Waals surface area (Å²) in [5.74, 6) is 1.55. The van der Waals surface area contributed by atoms with Crippen molar-refractivity contribution in [1.29, 1.82) is 0 Å². The number of hydrogen-bond acceptors (Lipinski definition) is 3. The van der Waals surface area contributed by atoms with Crippen LogP contribution in [0, 0.1) is 11.8 Å². The Morgan fingerprint density at radius 2 is 1.57 bits per heavy atom. The minimum atomic E-state index is 0.0380. The van der Waals surface area contributed by atoms with Crippen LogP contribution in [0.5, 0.6) is 5.75 Å². The standard InChI is InChI=1S/C19H25NO3/c1-23-17-8-6-14(7-9-17)18(21)15-10-12-20(13-11-15)19(22)16-4-2-3-5-16/h6-9,15-16H,2-5,10-13H2,1H3. The van der Waals surface area contributed by atoms with Gasteiger partial charge in [-0.2, -0.15) is 0 Å². The number of ether oxygens (including phenoxy) is 1. The van der Waals surface area contributed by atoms with Gasteiger partial charge in [-0.25, -0.2) is 0 Å². The van der Waals surface area contributed by atoms with Crippen molar-refractivity contribution in [3.63, 3.8) is 0 Å². The van der Waals surface area contributed by atoms with Gasteiger partial charge in [0, 0.05) is 30.5 Å². The summed E-state index contributed by atoms with van der Waals surface area (Å²) in [5.41, 5.74) is 0.742. The third-order valence-electron chi connectivity index (χ3n) is 5.26. The van der Waals surface area contributed by atoms with Gasteiger partial charge in [0.2, 0.25) is 5.91 Å². The predicted octanol–water partition coefficient (Wildman–Crippen LogP) is 3.31. The molecule has 0 bridgehead atoms. The van der Waals surface area contributed by atoms with Crippen LogP contribution in [-0.4, -0.2) is 36.8 Å². The van der Waals surface area contributed by atoms with Gasteiger partial charge in [-0.3, -0.25) is 9.59 Å². The zero-order valence-corrected chi connectivity index (χ0v) is 13.8. The summed E-state index contributed by atoms with van der Waals surface area (Å²) in [4.78, 5) is 27.0. The van der Waals surface area contributed by atoms with E-state index in [1.165, 1.54) is 12.8 Å². The molecule has 1 aromatic carbocycles. The number of hydrogen-bond donors (Lipinski definition) is 0. The molecular weight excluding hydrogens is 290 g/mol. The van der Waals surface area contributed by atoms with Crippen molar-refractivity contribution >= 4 is 11.7 Å². The molecule has 2 aliphatic rings. The molecule has 0 aromatic heterocycles. The number of nitrogens with zero attached hydrogens (tertiary/aromatic N) is 1. The van der Waals surface area contributed by atoms with E-state index in [0.717, 1.165) is 50.1 Å².